The summed E-state index contributed by atoms with van der Waals surface area (Å²) in [6.45, 7) is 0.496. The van der Waals surface area contributed by atoms with Crippen molar-refractivity contribution in [3.8, 4) is 0 Å². The Morgan fingerprint density at radius 3 is 2.50 bits per heavy atom. The molecular formula is C18H15F4N3S. The second kappa shape index (κ2) is 7.33. The molecule has 0 aliphatic rings. The Balaban J connectivity index is 1.53. The maximum absolute atomic E-state index is 13.4. The van der Waals surface area contributed by atoms with Crippen LogP contribution in [0, 0.1) is 5.82 Å². The molecule has 0 aliphatic heterocycles. The summed E-state index contributed by atoms with van der Waals surface area (Å²) in [5.41, 5.74) is 1.55. The summed E-state index contributed by atoms with van der Waals surface area (Å²) >= 11 is 5.14. The van der Waals surface area contributed by atoms with E-state index in [9.17, 15) is 17.6 Å². The van der Waals surface area contributed by atoms with Crippen LogP contribution in [0.15, 0.2) is 48.7 Å². The number of hydrogen-bond acceptors (Lipinski definition) is 1. The highest BCUT2D eigenvalue weighted by Gasteiger charge is 2.29. The fourth-order valence-corrected chi connectivity index (χ4v) is 2.81. The van der Waals surface area contributed by atoms with Gasteiger partial charge in [-0.15, -0.1) is 0 Å². The van der Waals surface area contributed by atoms with E-state index in [1.165, 1.54) is 24.3 Å². The summed E-state index contributed by atoms with van der Waals surface area (Å²) in [7, 11) is 0. The Bertz CT molecular complexity index is 916. The fraction of sp³-hybridized carbons (Fsp3) is 0.167. The monoisotopic (exact) mass is 381 g/mol. The van der Waals surface area contributed by atoms with Gasteiger partial charge in [0.2, 0.25) is 0 Å². The Kier molecular flexibility index (Phi) is 5.13. The number of aromatic amines is 1. The molecule has 3 nitrogen and oxygen atoms in total. The number of nitrogens with one attached hydrogen (secondary N) is 3. The summed E-state index contributed by atoms with van der Waals surface area (Å²) in [4.78, 5) is 3.08. The van der Waals surface area contributed by atoms with Crippen molar-refractivity contribution in [2.75, 3.05) is 11.9 Å². The van der Waals surface area contributed by atoms with Gasteiger partial charge in [-0.2, -0.15) is 13.2 Å². The maximum atomic E-state index is 13.4. The fourth-order valence-electron chi connectivity index (χ4n) is 2.59. The summed E-state index contributed by atoms with van der Waals surface area (Å²) in [5.74, 6) is -0.300. The Morgan fingerprint density at radius 1 is 1.08 bits per heavy atom. The molecule has 1 heterocycles. The topological polar surface area (TPSA) is 39.9 Å². The van der Waals surface area contributed by atoms with Crippen LogP contribution < -0.4 is 10.6 Å². The maximum Gasteiger partial charge on any atom is 0.416 e. The van der Waals surface area contributed by atoms with Crippen LogP contribution >= 0.6 is 12.2 Å². The lowest BCUT2D eigenvalue weighted by molar-refractivity contribution is -0.137. The molecule has 8 heteroatoms. The quantitative estimate of drug-likeness (QED) is 0.447. The third kappa shape index (κ3) is 4.32. The molecule has 0 saturated carbocycles. The van der Waals surface area contributed by atoms with E-state index >= 15 is 0 Å². The van der Waals surface area contributed by atoms with Gasteiger partial charge >= 0.3 is 6.18 Å². The van der Waals surface area contributed by atoms with Crippen LogP contribution in [0.25, 0.3) is 10.9 Å². The second-order valence-corrected chi connectivity index (χ2v) is 6.12. The lowest BCUT2D eigenvalue weighted by Gasteiger charge is -2.11. The summed E-state index contributed by atoms with van der Waals surface area (Å²) in [6, 6.07) is 9.16. The van der Waals surface area contributed by atoms with E-state index in [0.717, 1.165) is 28.6 Å². The van der Waals surface area contributed by atoms with Crippen molar-refractivity contribution in [1.29, 1.82) is 0 Å². The number of fused-ring (bicyclic) bond motifs is 1. The van der Waals surface area contributed by atoms with Gasteiger partial charge in [0.1, 0.15) is 5.82 Å². The van der Waals surface area contributed by atoms with Crippen LogP contribution in [-0.4, -0.2) is 16.6 Å². The van der Waals surface area contributed by atoms with Crippen molar-refractivity contribution < 1.29 is 17.6 Å². The lowest BCUT2D eigenvalue weighted by Crippen LogP contribution is -2.30. The number of alkyl halides is 3. The van der Waals surface area contributed by atoms with E-state index in [2.05, 4.69) is 15.6 Å². The van der Waals surface area contributed by atoms with E-state index in [1.54, 1.807) is 6.07 Å². The van der Waals surface area contributed by atoms with Gasteiger partial charge in [-0.25, -0.2) is 4.39 Å². The van der Waals surface area contributed by atoms with E-state index < -0.39 is 11.7 Å². The molecule has 0 radical (unpaired) electrons. The van der Waals surface area contributed by atoms with E-state index in [-0.39, 0.29) is 5.82 Å². The molecule has 136 valence electrons. The predicted octanol–water partition coefficient (Wildman–Crippen LogP) is 4.85. The molecule has 3 rings (SSSR count). The van der Waals surface area contributed by atoms with Crippen molar-refractivity contribution in [2.45, 2.75) is 12.6 Å². The number of rotatable bonds is 4. The number of aromatic nitrogens is 1. The molecule has 0 amide bonds. The van der Waals surface area contributed by atoms with Gasteiger partial charge in [0, 0.05) is 29.3 Å². The van der Waals surface area contributed by atoms with Crippen molar-refractivity contribution >= 4 is 33.9 Å². The highest BCUT2D eigenvalue weighted by atomic mass is 32.1. The van der Waals surface area contributed by atoms with Crippen molar-refractivity contribution in [3.05, 3.63) is 65.6 Å². The molecule has 0 aliphatic carbocycles. The largest absolute Gasteiger partial charge is 0.416 e. The number of halogens is 4. The van der Waals surface area contributed by atoms with E-state index in [1.807, 2.05) is 6.20 Å². The first kappa shape index (κ1) is 18.2. The molecule has 0 fully saturated rings. The summed E-state index contributed by atoms with van der Waals surface area (Å²) in [6.07, 6.45) is -1.94. The van der Waals surface area contributed by atoms with E-state index in [4.69, 9.17) is 12.2 Å². The van der Waals surface area contributed by atoms with Crippen molar-refractivity contribution in [1.82, 2.24) is 10.3 Å². The highest BCUT2D eigenvalue weighted by molar-refractivity contribution is 7.80. The SMILES string of the molecule is Fc1ccc2[nH]cc(CCNC(=S)Nc3ccc(C(F)(F)F)cc3)c2c1. The first-order valence-corrected chi connectivity index (χ1v) is 8.21. The minimum Gasteiger partial charge on any atom is -0.362 e. The summed E-state index contributed by atoms with van der Waals surface area (Å²) in [5, 5.41) is 6.93. The minimum absolute atomic E-state index is 0.300. The molecule has 2 aromatic carbocycles. The van der Waals surface area contributed by atoms with Gasteiger partial charge in [-0.1, -0.05) is 0 Å². The summed E-state index contributed by atoms with van der Waals surface area (Å²) < 4.78 is 51.0. The smallest absolute Gasteiger partial charge is 0.362 e. The number of hydrogen-bond donors (Lipinski definition) is 3. The lowest BCUT2D eigenvalue weighted by atomic mass is 10.1. The molecule has 1 aromatic heterocycles. The van der Waals surface area contributed by atoms with Crippen LogP contribution in [0.4, 0.5) is 23.2 Å². The van der Waals surface area contributed by atoms with Crippen molar-refractivity contribution in [3.63, 3.8) is 0 Å². The zero-order chi connectivity index (χ0) is 18.7. The average molecular weight is 381 g/mol. The van der Waals surface area contributed by atoms with Gasteiger partial charge in [-0.3, -0.25) is 0 Å². The van der Waals surface area contributed by atoms with Gasteiger partial charge < -0.3 is 15.6 Å². The number of thiocarbonyl (C=S) groups is 1. The first-order chi connectivity index (χ1) is 12.3. The normalized spacial score (nSPS) is 11.5. The molecule has 0 saturated heterocycles. The zero-order valence-corrected chi connectivity index (χ0v) is 14.3. The molecule has 0 atom stereocenters. The first-order valence-electron chi connectivity index (χ1n) is 7.80. The van der Waals surface area contributed by atoms with Crippen LogP contribution in [0.5, 0.6) is 0 Å². The van der Waals surface area contributed by atoms with Crippen molar-refractivity contribution in [2.24, 2.45) is 0 Å². The Hall–Kier alpha value is -2.61. The molecule has 0 spiro atoms. The van der Waals surface area contributed by atoms with Gasteiger partial charge in [0.25, 0.3) is 0 Å². The van der Waals surface area contributed by atoms with Gasteiger partial charge in [0.15, 0.2) is 5.11 Å². The number of benzene rings is 2. The zero-order valence-electron chi connectivity index (χ0n) is 13.5. The van der Waals surface area contributed by atoms with Crippen LogP contribution in [0.1, 0.15) is 11.1 Å². The minimum atomic E-state index is -4.36. The van der Waals surface area contributed by atoms with Crippen LogP contribution in [-0.2, 0) is 12.6 Å². The molecule has 3 N–H and O–H groups in total. The molecule has 26 heavy (non-hydrogen) atoms. The third-order valence-corrected chi connectivity index (χ3v) is 4.13. The Labute approximate surface area is 152 Å². The molecule has 0 unspecified atom stereocenters. The second-order valence-electron chi connectivity index (χ2n) is 5.71. The molecule has 3 aromatic rings. The number of anilines is 1. The van der Waals surface area contributed by atoms with Crippen LogP contribution in [0.2, 0.25) is 0 Å². The molecule has 0 bridgehead atoms. The Morgan fingerprint density at radius 2 is 1.81 bits per heavy atom. The standard InChI is InChI=1S/C18H15F4N3S/c19-13-3-6-16-15(9-13)11(10-24-16)7-8-23-17(26)25-14-4-1-12(2-5-14)18(20,21)22/h1-6,9-10,24H,7-8H2,(H2,23,25,26). The van der Waals surface area contributed by atoms with E-state index in [0.29, 0.717) is 23.8 Å². The third-order valence-electron chi connectivity index (χ3n) is 3.88. The number of H-pyrrole nitrogens is 1. The predicted molar refractivity (Wildman–Crippen MR) is 97.6 cm³/mol. The van der Waals surface area contributed by atoms with Gasteiger partial charge in [-0.05, 0) is 66.7 Å². The van der Waals surface area contributed by atoms with Gasteiger partial charge in [0.05, 0.1) is 5.56 Å². The molecular weight excluding hydrogens is 366 g/mol. The average Bonchev–Trinajstić information content (AvgIpc) is 2.97. The highest BCUT2D eigenvalue weighted by Crippen LogP contribution is 2.29. The van der Waals surface area contributed by atoms with Crippen LogP contribution in [0.3, 0.4) is 0 Å².